The van der Waals surface area contributed by atoms with Crippen LogP contribution in [0.2, 0.25) is 0 Å². The summed E-state index contributed by atoms with van der Waals surface area (Å²) < 4.78 is 27.3. The number of hydrogen-bond donors (Lipinski definition) is 2. The number of benzene rings is 1. The molecule has 30 heavy (non-hydrogen) atoms. The number of hydrogen-bond acceptors (Lipinski definition) is 6. The molecule has 1 unspecified atom stereocenters. The van der Waals surface area contributed by atoms with E-state index in [0.29, 0.717) is 12.2 Å². The number of aromatic carboxylic acids is 1. The molecule has 3 rings (SSSR count). The van der Waals surface area contributed by atoms with Crippen molar-refractivity contribution in [2.75, 3.05) is 17.6 Å². The van der Waals surface area contributed by atoms with Crippen LogP contribution in [0.1, 0.15) is 36.5 Å². The van der Waals surface area contributed by atoms with Gasteiger partial charge in [-0.1, -0.05) is 18.2 Å². The number of rotatable bonds is 7. The first kappa shape index (κ1) is 22.3. The smallest absolute Gasteiger partial charge is 0.338 e. The van der Waals surface area contributed by atoms with E-state index in [1.807, 2.05) is 6.92 Å². The number of carboxylic acid groups (broad SMARTS) is 1. The normalized spacial score (nSPS) is 17.4. The molecule has 1 aliphatic heterocycles. The van der Waals surface area contributed by atoms with E-state index in [1.165, 1.54) is 34.8 Å². The lowest BCUT2D eigenvalue weighted by Gasteiger charge is -2.32. The molecule has 8 nitrogen and oxygen atoms in total. The van der Waals surface area contributed by atoms with Crippen molar-refractivity contribution in [3.8, 4) is 0 Å². The molecule has 1 aromatic heterocycles. The van der Waals surface area contributed by atoms with E-state index in [1.54, 1.807) is 12.1 Å². The molecule has 0 radical (unpaired) electrons. The summed E-state index contributed by atoms with van der Waals surface area (Å²) in [6.45, 7) is 2.44. The predicted molar refractivity (Wildman–Crippen MR) is 114 cm³/mol. The molecule has 2 aromatic rings. The number of pyridine rings is 1. The quantitative estimate of drug-likeness (QED) is 0.624. The number of amides is 1. The van der Waals surface area contributed by atoms with Crippen molar-refractivity contribution in [1.29, 1.82) is 0 Å². The fourth-order valence-corrected chi connectivity index (χ4v) is 5.76. The minimum atomic E-state index is -3.56. The first-order chi connectivity index (χ1) is 14.3. The summed E-state index contributed by atoms with van der Waals surface area (Å²) in [4.78, 5) is 27.6. The van der Waals surface area contributed by atoms with Crippen molar-refractivity contribution in [3.05, 3.63) is 48.2 Å². The second-order valence-electron chi connectivity index (χ2n) is 6.98. The van der Waals surface area contributed by atoms with Gasteiger partial charge >= 0.3 is 5.97 Å². The minimum Gasteiger partial charge on any atom is -0.478 e. The number of sulfonamides is 1. The third-order valence-electron chi connectivity index (χ3n) is 4.83. The number of piperidine rings is 1. The van der Waals surface area contributed by atoms with Gasteiger partial charge in [-0.3, -0.25) is 4.79 Å². The van der Waals surface area contributed by atoms with Crippen LogP contribution in [-0.4, -0.2) is 53.0 Å². The van der Waals surface area contributed by atoms with Gasteiger partial charge in [0.1, 0.15) is 5.03 Å². The predicted octanol–water partition coefficient (Wildman–Crippen LogP) is 3.07. The summed E-state index contributed by atoms with van der Waals surface area (Å²) >= 11 is 1.02. The molecule has 1 aromatic carbocycles. The standard InChI is InChI=1S/C20H23N3O5S2/c1-14-5-2-3-12-23(14)30(27,28)16-9-7-15(8-10-16)22-18(24)13-29-19-17(20(25)26)6-4-11-21-19/h4,6-11,14H,2-3,5,12-13H2,1H3,(H,22,24)(H,25,26). The maximum atomic E-state index is 12.9. The van der Waals surface area contributed by atoms with E-state index in [9.17, 15) is 18.0 Å². The molecule has 0 bridgehead atoms. The topological polar surface area (TPSA) is 117 Å². The van der Waals surface area contributed by atoms with Crippen LogP contribution < -0.4 is 5.32 Å². The molecule has 0 aliphatic carbocycles. The molecule has 0 spiro atoms. The molecule has 1 amide bonds. The lowest BCUT2D eigenvalue weighted by Crippen LogP contribution is -2.41. The number of carboxylic acids is 1. The lowest BCUT2D eigenvalue weighted by atomic mass is 10.1. The molecule has 160 valence electrons. The van der Waals surface area contributed by atoms with E-state index in [4.69, 9.17) is 5.11 Å². The fraction of sp³-hybridized carbons (Fsp3) is 0.350. The lowest BCUT2D eigenvalue weighted by molar-refractivity contribution is -0.113. The third-order valence-corrected chi connectivity index (χ3v) is 7.86. The Kier molecular flexibility index (Phi) is 7.11. The summed E-state index contributed by atoms with van der Waals surface area (Å²) in [6, 6.07) is 9.00. The van der Waals surface area contributed by atoms with Gasteiger partial charge in [0.25, 0.3) is 0 Å². The van der Waals surface area contributed by atoms with Gasteiger partial charge in [0, 0.05) is 24.5 Å². The van der Waals surface area contributed by atoms with Gasteiger partial charge in [0.05, 0.1) is 16.2 Å². The van der Waals surface area contributed by atoms with Gasteiger partial charge in [0.2, 0.25) is 15.9 Å². The monoisotopic (exact) mass is 449 g/mol. The molecule has 1 saturated heterocycles. The van der Waals surface area contributed by atoms with Crippen molar-refractivity contribution < 1.29 is 23.1 Å². The molecule has 1 atom stereocenters. The Balaban J connectivity index is 1.62. The van der Waals surface area contributed by atoms with Crippen molar-refractivity contribution in [3.63, 3.8) is 0 Å². The highest BCUT2D eigenvalue weighted by Crippen LogP contribution is 2.26. The maximum absolute atomic E-state index is 12.9. The Morgan fingerprint density at radius 1 is 1.23 bits per heavy atom. The Morgan fingerprint density at radius 2 is 1.97 bits per heavy atom. The number of aromatic nitrogens is 1. The van der Waals surface area contributed by atoms with E-state index < -0.39 is 16.0 Å². The molecular weight excluding hydrogens is 426 g/mol. The first-order valence-corrected chi connectivity index (χ1v) is 11.9. The Hall–Kier alpha value is -2.43. The Bertz CT molecular complexity index is 1020. The zero-order valence-electron chi connectivity index (χ0n) is 16.4. The van der Waals surface area contributed by atoms with Crippen LogP contribution in [0.25, 0.3) is 0 Å². The number of carbonyl (C=O) groups excluding carboxylic acids is 1. The van der Waals surface area contributed by atoms with Crippen LogP contribution in [0.4, 0.5) is 5.69 Å². The van der Waals surface area contributed by atoms with Crippen LogP contribution in [0.5, 0.6) is 0 Å². The van der Waals surface area contributed by atoms with E-state index >= 15 is 0 Å². The van der Waals surface area contributed by atoms with Crippen LogP contribution >= 0.6 is 11.8 Å². The number of thioether (sulfide) groups is 1. The van der Waals surface area contributed by atoms with Gasteiger partial charge in [-0.15, -0.1) is 0 Å². The first-order valence-electron chi connectivity index (χ1n) is 9.52. The second-order valence-corrected chi connectivity index (χ2v) is 9.84. The van der Waals surface area contributed by atoms with Crippen molar-refractivity contribution in [2.24, 2.45) is 0 Å². The van der Waals surface area contributed by atoms with Crippen LogP contribution in [0.3, 0.4) is 0 Å². The van der Waals surface area contributed by atoms with Crippen LogP contribution in [-0.2, 0) is 14.8 Å². The minimum absolute atomic E-state index is 0.0252. The van der Waals surface area contributed by atoms with Crippen molar-refractivity contribution in [2.45, 2.75) is 42.1 Å². The highest BCUT2D eigenvalue weighted by Gasteiger charge is 2.30. The Morgan fingerprint density at radius 3 is 2.63 bits per heavy atom. The van der Waals surface area contributed by atoms with E-state index in [2.05, 4.69) is 10.3 Å². The SMILES string of the molecule is CC1CCCCN1S(=O)(=O)c1ccc(NC(=O)CSc2ncccc2C(=O)O)cc1. The molecule has 0 saturated carbocycles. The third kappa shape index (κ3) is 5.18. The Labute approximate surface area is 179 Å². The summed E-state index contributed by atoms with van der Waals surface area (Å²) in [7, 11) is -3.56. The largest absolute Gasteiger partial charge is 0.478 e. The highest BCUT2D eigenvalue weighted by molar-refractivity contribution is 8.00. The maximum Gasteiger partial charge on any atom is 0.338 e. The second kappa shape index (κ2) is 9.59. The zero-order chi connectivity index (χ0) is 21.7. The van der Waals surface area contributed by atoms with Gasteiger partial charge < -0.3 is 10.4 Å². The molecule has 2 N–H and O–H groups in total. The number of carbonyl (C=O) groups is 2. The summed E-state index contributed by atoms with van der Waals surface area (Å²) in [5.74, 6) is -1.48. The molecule has 1 aliphatic rings. The summed E-state index contributed by atoms with van der Waals surface area (Å²) in [5.41, 5.74) is 0.502. The van der Waals surface area contributed by atoms with Crippen LogP contribution in [0.15, 0.2) is 52.5 Å². The van der Waals surface area contributed by atoms with Crippen LogP contribution in [0, 0.1) is 0 Å². The number of nitrogens with zero attached hydrogens (tertiary/aromatic N) is 2. The molecular formula is C20H23N3O5S2. The molecule has 2 heterocycles. The fourth-order valence-electron chi connectivity index (χ4n) is 3.27. The number of nitrogens with one attached hydrogen (secondary N) is 1. The average molecular weight is 450 g/mol. The zero-order valence-corrected chi connectivity index (χ0v) is 18.1. The van der Waals surface area contributed by atoms with Gasteiger partial charge in [-0.25, -0.2) is 18.2 Å². The number of anilines is 1. The van der Waals surface area contributed by atoms with E-state index in [-0.39, 0.29) is 33.2 Å². The van der Waals surface area contributed by atoms with E-state index in [0.717, 1.165) is 31.0 Å². The highest BCUT2D eigenvalue weighted by atomic mass is 32.2. The van der Waals surface area contributed by atoms with Gasteiger partial charge in [0.15, 0.2) is 0 Å². The van der Waals surface area contributed by atoms with Gasteiger partial charge in [-0.05, 0) is 56.2 Å². The van der Waals surface area contributed by atoms with Gasteiger partial charge in [-0.2, -0.15) is 4.31 Å². The van der Waals surface area contributed by atoms with Crippen molar-refractivity contribution >= 4 is 39.3 Å². The average Bonchev–Trinajstić information content (AvgIpc) is 2.73. The van der Waals surface area contributed by atoms with Crippen molar-refractivity contribution in [1.82, 2.24) is 9.29 Å². The summed E-state index contributed by atoms with van der Waals surface area (Å²) in [6.07, 6.45) is 4.21. The molecule has 1 fully saturated rings. The molecule has 10 heteroatoms. The summed E-state index contributed by atoms with van der Waals surface area (Å²) in [5, 5.41) is 12.1.